The third-order valence-corrected chi connectivity index (χ3v) is 4.08. The SMILES string of the molecule is CC(C)(Oc1nn(-c2ccccc2)cc1Cl)C(=O)N1CCOCC1. The highest BCUT2D eigenvalue weighted by molar-refractivity contribution is 6.31. The number of rotatable bonds is 4. The fourth-order valence-electron chi connectivity index (χ4n) is 2.55. The second kappa shape index (κ2) is 6.83. The molecule has 2 heterocycles. The molecular weight excluding hydrogens is 330 g/mol. The second-order valence-electron chi connectivity index (χ2n) is 6.08. The van der Waals surface area contributed by atoms with Crippen molar-refractivity contribution in [1.29, 1.82) is 0 Å². The van der Waals surface area contributed by atoms with Crippen LogP contribution in [0.2, 0.25) is 5.02 Å². The molecule has 128 valence electrons. The molecule has 1 aliphatic heterocycles. The summed E-state index contributed by atoms with van der Waals surface area (Å²) < 4.78 is 12.8. The van der Waals surface area contributed by atoms with Gasteiger partial charge in [-0.2, -0.15) is 0 Å². The molecule has 1 aromatic heterocycles. The smallest absolute Gasteiger partial charge is 0.266 e. The van der Waals surface area contributed by atoms with Crippen LogP contribution in [-0.2, 0) is 9.53 Å². The van der Waals surface area contributed by atoms with Crippen LogP contribution in [0.1, 0.15) is 13.8 Å². The van der Waals surface area contributed by atoms with Crippen molar-refractivity contribution in [1.82, 2.24) is 14.7 Å². The van der Waals surface area contributed by atoms with Crippen molar-refractivity contribution in [3.05, 3.63) is 41.6 Å². The van der Waals surface area contributed by atoms with E-state index < -0.39 is 5.60 Å². The molecule has 0 aliphatic carbocycles. The van der Waals surface area contributed by atoms with Gasteiger partial charge in [0.05, 0.1) is 25.1 Å². The third kappa shape index (κ3) is 3.55. The average molecular weight is 350 g/mol. The minimum Gasteiger partial charge on any atom is -0.459 e. The molecule has 1 amide bonds. The molecule has 0 radical (unpaired) electrons. The fourth-order valence-corrected chi connectivity index (χ4v) is 2.72. The summed E-state index contributed by atoms with van der Waals surface area (Å²) in [5.41, 5.74) is -0.191. The highest BCUT2D eigenvalue weighted by Crippen LogP contribution is 2.28. The number of carbonyl (C=O) groups is 1. The van der Waals surface area contributed by atoms with Crippen molar-refractivity contribution in [2.45, 2.75) is 19.4 Å². The van der Waals surface area contributed by atoms with Crippen molar-refractivity contribution < 1.29 is 14.3 Å². The minimum atomic E-state index is -1.06. The van der Waals surface area contributed by atoms with E-state index in [0.29, 0.717) is 31.3 Å². The first-order valence-electron chi connectivity index (χ1n) is 7.84. The molecule has 1 aromatic carbocycles. The average Bonchev–Trinajstić information content (AvgIpc) is 2.96. The monoisotopic (exact) mass is 349 g/mol. The molecule has 24 heavy (non-hydrogen) atoms. The van der Waals surface area contributed by atoms with Gasteiger partial charge in [-0.25, -0.2) is 4.68 Å². The Morgan fingerprint density at radius 2 is 1.92 bits per heavy atom. The fraction of sp³-hybridized carbons (Fsp3) is 0.412. The van der Waals surface area contributed by atoms with Gasteiger partial charge in [0.25, 0.3) is 11.8 Å². The lowest BCUT2D eigenvalue weighted by molar-refractivity contribution is -0.149. The molecule has 1 saturated heterocycles. The van der Waals surface area contributed by atoms with Gasteiger partial charge < -0.3 is 14.4 Å². The quantitative estimate of drug-likeness (QED) is 0.851. The minimum absolute atomic E-state index is 0.101. The predicted octanol–water partition coefficient (Wildman–Crippen LogP) is 2.54. The number of carbonyl (C=O) groups excluding carboxylic acids is 1. The number of hydrogen-bond acceptors (Lipinski definition) is 4. The Morgan fingerprint density at radius 1 is 1.25 bits per heavy atom. The maximum atomic E-state index is 12.7. The zero-order valence-electron chi connectivity index (χ0n) is 13.7. The van der Waals surface area contributed by atoms with E-state index in [1.165, 1.54) is 0 Å². The number of nitrogens with zero attached hydrogens (tertiary/aromatic N) is 3. The van der Waals surface area contributed by atoms with Crippen LogP contribution < -0.4 is 4.74 Å². The maximum Gasteiger partial charge on any atom is 0.266 e. The molecule has 6 nitrogen and oxygen atoms in total. The van der Waals surface area contributed by atoms with Gasteiger partial charge in [-0.3, -0.25) is 4.79 Å². The van der Waals surface area contributed by atoms with Crippen LogP contribution in [0.25, 0.3) is 5.69 Å². The molecule has 0 atom stereocenters. The van der Waals surface area contributed by atoms with Gasteiger partial charge in [0, 0.05) is 13.1 Å². The molecule has 1 fully saturated rings. The largest absolute Gasteiger partial charge is 0.459 e. The highest BCUT2D eigenvalue weighted by atomic mass is 35.5. The summed E-state index contributed by atoms with van der Waals surface area (Å²) in [7, 11) is 0. The summed E-state index contributed by atoms with van der Waals surface area (Å²) >= 11 is 6.24. The Hall–Kier alpha value is -2.05. The molecule has 3 rings (SSSR count). The number of benzene rings is 1. The maximum absolute atomic E-state index is 12.7. The second-order valence-corrected chi connectivity index (χ2v) is 6.49. The molecule has 0 N–H and O–H groups in total. The number of halogens is 1. The summed E-state index contributed by atoms with van der Waals surface area (Å²) in [6.45, 7) is 5.68. The Balaban J connectivity index is 1.77. The molecule has 0 unspecified atom stereocenters. The summed E-state index contributed by atoms with van der Waals surface area (Å²) in [5.74, 6) is 0.142. The van der Waals surface area contributed by atoms with Gasteiger partial charge in [0.1, 0.15) is 5.02 Å². The van der Waals surface area contributed by atoms with Crippen LogP contribution >= 0.6 is 11.6 Å². The zero-order valence-corrected chi connectivity index (χ0v) is 14.5. The Kier molecular flexibility index (Phi) is 4.78. The standard InChI is InChI=1S/C17H20ClN3O3/c1-17(2,16(22)20-8-10-23-11-9-20)24-15-14(18)12-21(19-15)13-6-4-3-5-7-13/h3-7,12H,8-11H2,1-2H3. The first kappa shape index (κ1) is 16.8. The van der Waals surface area contributed by atoms with E-state index in [1.54, 1.807) is 29.6 Å². The lowest BCUT2D eigenvalue weighted by Crippen LogP contribution is -2.52. The number of para-hydroxylation sites is 1. The van der Waals surface area contributed by atoms with Crippen LogP contribution in [0.4, 0.5) is 0 Å². The lowest BCUT2D eigenvalue weighted by atomic mass is 10.1. The van der Waals surface area contributed by atoms with Crippen LogP contribution in [0.15, 0.2) is 36.5 Å². The van der Waals surface area contributed by atoms with Gasteiger partial charge in [-0.1, -0.05) is 29.8 Å². The summed E-state index contributed by atoms with van der Waals surface area (Å²) in [4.78, 5) is 14.4. The first-order chi connectivity index (χ1) is 11.5. The molecule has 7 heteroatoms. The molecule has 1 aliphatic rings. The molecule has 0 saturated carbocycles. The Morgan fingerprint density at radius 3 is 2.58 bits per heavy atom. The van der Waals surface area contributed by atoms with E-state index in [2.05, 4.69) is 5.10 Å². The molecule has 0 spiro atoms. The normalized spacial score (nSPS) is 15.4. The van der Waals surface area contributed by atoms with Crippen LogP contribution in [-0.4, -0.2) is 52.5 Å². The Bertz CT molecular complexity index is 709. The van der Waals surface area contributed by atoms with Gasteiger partial charge >= 0.3 is 0 Å². The van der Waals surface area contributed by atoms with E-state index >= 15 is 0 Å². The zero-order chi connectivity index (χ0) is 17.2. The number of aromatic nitrogens is 2. The van der Waals surface area contributed by atoms with Gasteiger partial charge in [-0.15, -0.1) is 5.10 Å². The number of ether oxygens (including phenoxy) is 2. The van der Waals surface area contributed by atoms with E-state index in [1.807, 2.05) is 30.3 Å². The topological polar surface area (TPSA) is 56.6 Å². The van der Waals surface area contributed by atoms with Gasteiger partial charge in [0.2, 0.25) is 0 Å². The van der Waals surface area contributed by atoms with Crippen LogP contribution in [0.3, 0.4) is 0 Å². The van der Waals surface area contributed by atoms with Crippen LogP contribution in [0, 0.1) is 0 Å². The van der Waals surface area contributed by atoms with Crippen molar-refractivity contribution in [2.24, 2.45) is 0 Å². The molecule has 2 aromatic rings. The summed E-state index contributed by atoms with van der Waals surface area (Å²) in [6.07, 6.45) is 1.67. The summed E-state index contributed by atoms with van der Waals surface area (Å²) in [6, 6.07) is 9.58. The summed E-state index contributed by atoms with van der Waals surface area (Å²) in [5, 5.41) is 4.72. The number of morpholine rings is 1. The van der Waals surface area contributed by atoms with E-state index in [4.69, 9.17) is 21.1 Å². The van der Waals surface area contributed by atoms with E-state index in [9.17, 15) is 4.79 Å². The van der Waals surface area contributed by atoms with Gasteiger partial charge in [-0.05, 0) is 26.0 Å². The van der Waals surface area contributed by atoms with E-state index in [0.717, 1.165) is 5.69 Å². The first-order valence-corrected chi connectivity index (χ1v) is 8.22. The van der Waals surface area contributed by atoms with Crippen LogP contribution in [0.5, 0.6) is 5.88 Å². The molecule has 0 bridgehead atoms. The highest BCUT2D eigenvalue weighted by Gasteiger charge is 2.36. The Labute approximate surface area is 145 Å². The predicted molar refractivity (Wildman–Crippen MR) is 90.7 cm³/mol. The molecular formula is C17H20ClN3O3. The van der Waals surface area contributed by atoms with Crippen molar-refractivity contribution in [2.75, 3.05) is 26.3 Å². The van der Waals surface area contributed by atoms with Crippen molar-refractivity contribution in [3.63, 3.8) is 0 Å². The van der Waals surface area contributed by atoms with Crippen molar-refractivity contribution >= 4 is 17.5 Å². The van der Waals surface area contributed by atoms with Gasteiger partial charge in [0.15, 0.2) is 5.60 Å². The lowest BCUT2D eigenvalue weighted by Gasteiger charge is -2.33. The third-order valence-electron chi connectivity index (χ3n) is 3.82. The number of hydrogen-bond donors (Lipinski definition) is 0. The number of amides is 1. The van der Waals surface area contributed by atoms with E-state index in [-0.39, 0.29) is 11.8 Å². The van der Waals surface area contributed by atoms with Crippen molar-refractivity contribution in [3.8, 4) is 11.6 Å².